The van der Waals surface area contributed by atoms with Crippen LogP contribution in [0.2, 0.25) is 15.1 Å². The van der Waals surface area contributed by atoms with Crippen molar-refractivity contribution < 1.29 is 18.0 Å². The van der Waals surface area contributed by atoms with Gasteiger partial charge < -0.3 is 10.2 Å². The smallest absolute Gasteiger partial charge is 0.264 e. The molecule has 1 unspecified atom stereocenters. The maximum Gasteiger partial charge on any atom is 0.264 e. The molecule has 0 bridgehead atoms. The molecule has 0 heterocycles. The average molecular weight is 673 g/mol. The number of rotatable bonds is 11. The molecule has 0 fully saturated rings. The topological polar surface area (TPSA) is 86.8 Å². The average Bonchev–Trinajstić information content (AvgIpc) is 3.01. The van der Waals surface area contributed by atoms with E-state index in [1.165, 1.54) is 30.1 Å². The Kier molecular flexibility index (Phi) is 11.0. The van der Waals surface area contributed by atoms with Gasteiger partial charge in [-0.05, 0) is 66.9 Å². The summed E-state index contributed by atoms with van der Waals surface area (Å²) in [6.45, 7) is 2.96. The lowest BCUT2D eigenvalue weighted by atomic mass is 10.0. The molecule has 7 nitrogen and oxygen atoms in total. The van der Waals surface area contributed by atoms with Gasteiger partial charge in [-0.3, -0.25) is 13.9 Å². The Balaban J connectivity index is 1.83. The van der Waals surface area contributed by atoms with Gasteiger partial charge in [0.15, 0.2) is 0 Å². The van der Waals surface area contributed by atoms with E-state index < -0.39 is 34.4 Å². The van der Waals surface area contributed by atoms with Gasteiger partial charge in [0, 0.05) is 25.0 Å². The highest BCUT2D eigenvalue weighted by atomic mass is 35.5. The highest BCUT2D eigenvalue weighted by molar-refractivity contribution is 7.92. The van der Waals surface area contributed by atoms with Gasteiger partial charge in [-0.15, -0.1) is 0 Å². The molecule has 0 aromatic heterocycles. The number of carbonyl (C=O) groups excluding carboxylic acids is 2. The van der Waals surface area contributed by atoms with Gasteiger partial charge in [0.05, 0.1) is 20.6 Å². The third-order valence-electron chi connectivity index (χ3n) is 7.18. The van der Waals surface area contributed by atoms with E-state index in [2.05, 4.69) is 5.32 Å². The second-order valence-electron chi connectivity index (χ2n) is 10.3. The fraction of sp³-hybridized carbons (Fsp3) is 0.212. The SMILES string of the molecule is CNC(=O)C(Cc1ccccc1)N(Cc1ccc(Cl)c(Cl)c1)C(=O)CN(c1cc(Cl)ccc1C)S(=O)(=O)c1ccc(C)cc1. The number of likely N-dealkylation sites (N-methyl/N-ethyl adjacent to an activating group) is 1. The second kappa shape index (κ2) is 14.5. The Morgan fingerprint density at radius 2 is 1.50 bits per heavy atom. The number of nitrogens with one attached hydrogen (secondary N) is 1. The van der Waals surface area contributed by atoms with Crippen molar-refractivity contribution in [3.05, 3.63) is 128 Å². The van der Waals surface area contributed by atoms with E-state index in [0.717, 1.165) is 15.4 Å². The van der Waals surface area contributed by atoms with Gasteiger partial charge in [0.2, 0.25) is 11.8 Å². The maximum atomic E-state index is 14.4. The minimum absolute atomic E-state index is 0.0124. The number of hydrogen-bond acceptors (Lipinski definition) is 4. The van der Waals surface area contributed by atoms with Crippen molar-refractivity contribution in [1.82, 2.24) is 10.2 Å². The fourth-order valence-corrected chi connectivity index (χ4v) is 6.71. The zero-order valence-corrected chi connectivity index (χ0v) is 27.5. The lowest BCUT2D eigenvalue weighted by Gasteiger charge is -2.34. The molecule has 230 valence electrons. The highest BCUT2D eigenvalue weighted by Gasteiger charge is 2.35. The van der Waals surface area contributed by atoms with Crippen molar-refractivity contribution in [1.29, 1.82) is 0 Å². The molecule has 4 aromatic rings. The minimum Gasteiger partial charge on any atom is -0.357 e. The third kappa shape index (κ3) is 7.93. The van der Waals surface area contributed by atoms with Crippen LogP contribution in [0, 0.1) is 13.8 Å². The number of amides is 2. The summed E-state index contributed by atoms with van der Waals surface area (Å²) in [5, 5.41) is 3.59. The van der Waals surface area contributed by atoms with Crippen LogP contribution in [0.25, 0.3) is 0 Å². The van der Waals surface area contributed by atoms with Crippen LogP contribution in [0.3, 0.4) is 0 Å². The van der Waals surface area contributed by atoms with Gasteiger partial charge in [-0.2, -0.15) is 0 Å². The molecule has 0 saturated carbocycles. The Morgan fingerprint density at radius 1 is 0.818 bits per heavy atom. The van der Waals surface area contributed by atoms with Crippen LogP contribution in [0.5, 0.6) is 0 Å². The van der Waals surface area contributed by atoms with E-state index in [1.807, 2.05) is 37.3 Å². The number of benzene rings is 4. The Morgan fingerprint density at radius 3 is 2.14 bits per heavy atom. The third-order valence-corrected chi connectivity index (χ3v) is 9.93. The molecule has 2 amide bonds. The Hall–Kier alpha value is -3.56. The number of hydrogen-bond donors (Lipinski definition) is 1. The summed E-state index contributed by atoms with van der Waals surface area (Å²) in [6, 6.07) is 24.5. The molecule has 0 saturated heterocycles. The van der Waals surface area contributed by atoms with E-state index in [4.69, 9.17) is 34.8 Å². The van der Waals surface area contributed by atoms with E-state index in [-0.39, 0.29) is 28.6 Å². The van der Waals surface area contributed by atoms with Crippen molar-refractivity contribution in [2.24, 2.45) is 0 Å². The first-order valence-electron chi connectivity index (χ1n) is 13.7. The van der Waals surface area contributed by atoms with E-state index >= 15 is 0 Å². The molecular formula is C33H32Cl3N3O4S. The normalized spacial score (nSPS) is 12.0. The van der Waals surface area contributed by atoms with Gasteiger partial charge in [0.1, 0.15) is 12.6 Å². The van der Waals surface area contributed by atoms with E-state index in [9.17, 15) is 18.0 Å². The summed E-state index contributed by atoms with van der Waals surface area (Å²) in [5.41, 5.74) is 3.17. The van der Waals surface area contributed by atoms with Crippen LogP contribution in [0.15, 0.2) is 95.9 Å². The second-order valence-corrected chi connectivity index (χ2v) is 13.5. The molecule has 0 aliphatic heterocycles. The first-order chi connectivity index (χ1) is 20.9. The lowest BCUT2D eigenvalue weighted by Crippen LogP contribution is -2.53. The quantitative estimate of drug-likeness (QED) is 0.189. The number of nitrogens with zero attached hydrogens (tertiary/aromatic N) is 2. The monoisotopic (exact) mass is 671 g/mol. The molecule has 4 aromatic carbocycles. The largest absolute Gasteiger partial charge is 0.357 e. The Bertz CT molecular complexity index is 1750. The van der Waals surface area contributed by atoms with Crippen LogP contribution in [-0.2, 0) is 32.6 Å². The molecule has 1 N–H and O–H groups in total. The van der Waals surface area contributed by atoms with Crippen LogP contribution in [0.4, 0.5) is 5.69 Å². The maximum absolute atomic E-state index is 14.4. The first kappa shape index (κ1) is 33.3. The minimum atomic E-state index is -4.25. The van der Waals surface area contributed by atoms with Crippen LogP contribution < -0.4 is 9.62 Å². The summed E-state index contributed by atoms with van der Waals surface area (Å²) in [5.74, 6) is -1.01. The van der Waals surface area contributed by atoms with Crippen molar-refractivity contribution in [3.63, 3.8) is 0 Å². The van der Waals surface area contributed by atoms with E-state index in [1.54, 1.807) is 49.4 Å². The standard InChI is InChI=1S/C33H32Cl3N3O4S/c1-22-9-14-27(15-10-22)44(42,43)39(30-19-26(34)13-11-23(30)2)21-32(40)38(20-25-12-16-28(35)29(36)17-25)31(33(41)37-3)18-24-7-5-4-6-8-24/h4-17,19,31H,18,20-21H2,1-3H3,(H,37,41). The highest BCUT2D eigenvalue weighted by Crippen LogP contribution is 2.31. The number of anilines is 1. The van der Waals surface area contributed by atoms with Gasteiger partial charge in [0.25, 0.3) is 10.0 Å². The van der Waals surface area contributed by atoms with Crippen molar-refractivity contribution in [2.45, 2.75) is 37.8 Å². The molecule has 1 atom stereocenters. The van der Waals surface area contributed by atoms with Crippen LogP contribution in [-0.4, -0.2) is 44.8 Å². The van der Waals surface area contributed by atoms with Gasteiger partial charge >= 0.3 is 0 Å². The lowest BCUT2D eigenvalue weighted by molar-refractivity contribution is -0.139. The number of halogens is 3. The summed E-state index contributed by atoms with van der Waals surface area (Å²) in [7, 11) is -2.75. The molecule has 0 aliphatic carbocycles. The molecule has 11 heteroatoms. The molecule has 0 aliphatic rings. The van der Waals surface area contributed by atoms with Crippen molar-refractivity contribution >= 4 is 62.3 Å². The zero-order valence-electron chi connectivity index (χ0n) is 24.4. The zero-order chi connectivity index (χ0) is 32.0. The summed E-state index contributed by atoms with van der Waals surface area (Å²) in [4.78, 5) is 29.2. The van der Waals surface area contributed by atoms with Crippen molar-refractivity contribution in [2.75, 3.05) is 17.9 Å². The van der Waals surface area contributed by atoms with Crippen LogP contribution >= 0.6 is 34.8 Å². The molecule has 0 radical (unpaired) electrons. The first-order valence-corrected chi connectivity index (χ1v) is 16.3. The fourth-order valence-electron chi connectivity index (χ4n) is 4.76. The molecular weight excluding hydrogens is 641 g/mol. The van der Waals surface area contributed by atoms with Crippen molar-refractivity contribution in [3.8, 4) is 0 Å². The predicted octanol–water partition coefficient (Wildman–Crippen LogP) is 6.85. The summed E-state index contributed by atoms with van der Waals surface area (Å²) in [6.07, 6.45) is 0.189. The molecule has 0 spiro atoms. The van der Waals surface area contributed by atoms with Gasteiger partial charge in [-0.25, -0.2) is 8.42 Å². The van der Waals surface area contributed by atoms with Crippen LogP contribution in [0.1, 0.15) is 22.3 Å². The van der Waals surface area contributed by atoms with Gasteiger partial charge in [-0.1, -0.05) is 95.0 Å². The summed E-state index contributed by atoms with van der Waals surface area (Å²) >= 11 is 18.8. The molecule has 4 rings (SSSR count). The summed E-state index contributed by atoms with van der Waals surface area (Å²) < 4.78 is 29.4. The van der Waals surface area contributed by atoms with E-state index in [0.29, 0.717) is 21.2 Å². The molecule has 44 heavy (non-hydrogen) atoms. The Labute approximate surface area is 273 Å². The number of sulfonamides is 1. The number of aryl methyl sites for hydroxylation is 2. The predicted molar refractivity (Wildman–Crippen MR) is 177 cm³/mol. The number of carbonyl (C=O) groups is 2.